The maximum absolute atomic E-state index is 2.29. The molecule has 0 N–H and O–H groups in total. The standard InChI is InChI=1S/C14H12S/c1-9-5-12-7-11-3-4-15-14(11)8-13(12)6-10(9)2/h3-8H,1-2H3. The Kier molecular flexibility index (Phi) is 1.83. The number of rotatable bonds is 0. The lowest BCUT2D eigenvalue weighted by Crippen LogP contribution is -1.81. The zero-order valence-electron chi connectivity index (χ0n) is 8.87. The van der Waals surface area contributed by atoms with Crippen molar-refractivity contribution in [3.63, 3.8) is 0 Å². The molecule has 0 fully saturated rings. The summed E-state index contributed by atoms with van der Waals surface area (Å²) < 4.78 is 1.38. The van der Waals surface area contributed by atoms with E-state index in [0.29, 0.717) is 0 Å². The van der Waals surface area contributed by atoms with Gasteiger partial charge in [-0.2, -0.15) is 0 Å². The smallest absolute Gasteiger partial charge is 0.0349 e. The van der Waals surface area contributed by atoms with Crippen molar-refractivity contribution in [2.75, 3.05) is 0 Å². The highest BCUT2D eigenvalue weighted by molar-refractivity contribution is 7.17. The highest BCUT2D eigenvalue weighted by Crippen LogP contribution is 2.28. The number of aryl methyl sites for hydroxylation is 2. The number of hydrogen-bond acceptors (Lipinski definition) is 1. The molecule has 15 heavy (non-hydrogen) atoms. The van der Waals surface area contributed by atoms with Crippen LogP contribution < -0.4 is 0 Å². The quantitative estimate of drug-likeness (QED) is 0.508. The van der Waals surface area contributed by atoms with Gasteiger partial charge < -0.3 is 0 Å². The molecule has 0 saturated heterocycles. The van der Waals surface area contributed by atoms with Crippen LogP contribution in [0.4, 0.5) is 0 Å². The minimum atomic E-state index is 1.35. The summed E-state index contributed by atoms with van der Waals surface area (Å²) in [5.74, 6) is 0. The molecule has 0 bridgehead atoms. The van der Waals surface area contributed by atoms with E-state index in [2.05, 4.69) is 49.6 Å². The highest BCUT2D eigenvalue weighted by Gasteiger charge is 2.01. The fourth-order valence-corrected chi connectivity index (χ4v) is 2.81. The molecule has 3 aromatic rings. The van der Waals surface area contributed by atoms with Gasteiger partial charge >= 0.3 is 0 Å². The first-order chi connectivity index (χ1) is 7.24. The van der Waals surface area contributed by atoms with E-state index >= 15 is 0 Å². The Balaban J connectivity index is 2.49. The van der Waals surface area contributed by atoms with Crippen molar-refractivity contribution >= 4 is 32.2 Å². The van der Waals surface area contributed by atoms with Gasteiger partial charge in [-0.15, -0.1) is 11.3 Å². The minimum absolute atomic E-state index is 1.35. The molecule has 0 atom stereocenters. The fraction of sp³-hybridized carbons (Fsp3) is 0.143. The van der Waals surface area contributed by atoms with Crippen molar-refractivity contribution in [2.24, 2.45) is 0 Å². The molecule has 0 radical (unpaired) electrons. The Labute approximate surface area is 93.2 Å². The Hall–Kier alpha value is -1.34. The van der Waals surface area contributed by atoms with Crippen LogP contribution in [0.25, 0.3) is 20.9 Å². The summed E-state index contributed by atoms with van der Waals surface area (Å²) in [7, 11) is 0. The van der Waals surface area contributed by atoms with Crippen LogP contribution in [0.5, 0.6) is 0 Å². The van der Waals surface area contributed by atoms with Crippen LogP contribution in [0, 0.1) is 13.8 Å². The van der Waals surface area contributed by atoms with E-state index in [4.69, 9.17) is 0 Å². The lowest BCUT2D eigenvalue weighted by Gasteiger charge is -2.04. The molecule has 1 heterocycles. The number of benzene rings is 2. The van der Waals surface area contributed by atoms with Gasteiger partial charge in [0, 0.05) is 4.70 Å². The summed E-state index contributed by atoms with van der Waals surface area (Å²) >= 11 is 1.81. The van der Waals surface area contributed by atoms with Gasteiger partial charge in [0.1, 0.15) is 0 Å². The lowest BCUT2D eigenvalue weighted by molar-refractivity contribution is 1.37. The van der Waals surface area contributed by atoms with Crippen LogP contribution >= 0.6 is 11.3 Å². The molecule has 0 nitrogen and oxygen atoms in total. The third-order valence-corrected chi connectivity index (χ3v) is 3.90. The molecule has 0 unspecified atom stereocenters. The summed E-state index contributed by atoms with van der Waals surface area (Å²) in [5.41, 5.74) is 2.75. The SMILES string of the molecule is Cc1cc2cc3ccsc3cc2cc1C. The third-order valence-electron chi connectivity index (χ3n) is 3.02. The average molecular weight is 212 g/mol. The van der Waals surface area contributed by atoms with Crippen molar-refractivity contribution in [1.29, 1.82) is 0 Å². The summed E-state index contributed by atoms with van der Waals surface area (Å²) in [6, 6.07) is 11.3. The third kappa shape index (κ3) is 1.35. The molecule has 1 aromatic heterocycles. The fourth-order valence-electron chi connectivity index (χ4n) is 1.99. The number of hydrogen-bond donors (Lipinski definition) is 0. The molecular weight excluding hydrogens is 200 g/mol. The second kappa shape index (κ2) is 3.07. The van der Waals surface area contributed by atoms with Crippen LogP contribution in [0.15, 0.2) is 35.7 Å². The minimum Gasteiger partial charge on any atom is -0.144 e. The van der Waals surface area contributed by atoms with Gasteiger partial charge in [0.25, 0.3) is 0 Å². The Morgan fingerprint density at radius 2 is 1.47 bits per heavy atom. The second-order valence-corrected chi connectivity index (χ2v) is 5.04. The van der Waals surface area contributed by atoms with Crippen molar-refractivity contribution in [1.82, 2.24) is 0 Å². The van der Waals surface area contributed by atoms with E-state index in [-0.39, 0.29) is 0 Å². The number of thiophene rings is 1. The summed E-state index contributed by atoms with van der Waals surface area (Å²) in [4.78, 5) is 0. The molecule has 2 aromatic carbocycles. The summed E-state index contributed by atoms with van der Waals surface area (Å²) in [6.07, 6.45) is 0. The van der Waals surface area contributed by atoms with E-state index in [1.54, 1.807) is 0 Å². The van der Waals surface area contributed by atoms with Gasteiger partial charge in [-0.05, 0) is 64.7 Å². The molecule has 0 saturated carbocycles. The van der Waals surface area contributed by atoms with E-state index in [0.717, 1.165) is 0 Å². The summed E-state index contributed by atoms with van der Waals surface area (Å²) in [5, 5.41) is 6.22. The predicted molar refractivity (Wildman–Crippen MR) is 68.8 cm³/mol. The largest absolute Gasteiger partial charge is 0.144 e. The maximum Gasteiger partial charge on any atom is 0.0349 e. The van der Waals surface area contributed by atoms with Crippen molar-refractivity contribution in [2.45, 2.75) is 13.8 Å². The van der Waals surface area contributed by atoms with Gasteiger partial charge in [-0.1, -0.05) is 12.1 Å². The van der Waals surface area contributed by atoms with E-state index < -0.39 is 0 Å². The topological polar surface area (TPSA) is 0 Å². The van der Waals surface area contributed by atoms with Gasteiger partial charge in [0.15, 0.2) is 0 Å². The van der Waals surface area contributed by atoms with E-state index in [9.17, 15) is 0 Å². The predicted octanol–water partition coefficient (Wildman–Crippen LogP) is 4.67. The monoisotopic (exact) mass is 212 g/mol. The average Bonchev–Trinajstić information content (AvgIpc) is 2.63. The Morgan fingerprint density at radius 3 is 2.20 bits per heavy atom. The second-order valence-electron chi connectivity index (χ2n) is 4.09. The van der Waals surface area contributed by atoms with Crippen molar-refractivity contribution in [3.8, 4) is 0 Å². The molecule has 74 valence electrons. The van der Waals surface area contributed by atoms with Crippen LogP contribution in [-0.2, 0) is 0 Å². The molecule has 0 aliphatic rings. The highest BCUT2D eigenvalue weighted by atomic mass is 32.1. The maximum atomic E-state index is 2.29. The number of fused-ring (bicyclic) bond motifs is 2. The van der Waals surface area contributed by atoms with E-state index in [1.807, 2.05) is 11.3 Å². The van der Waals surface area contributed by atoms with Crippen LogP contribution in [0.3, 0.4) is 0 Å². The van der Waals surface area contributed by atoms with E-state index in [1.165, 1.54) is 32.0 Å². The zero-order chi connectivity index (χ0) is 10.4. The van der Waals surface area contributed by atoms with Gasteiger partial charge in [0.05, 0.1) is 0 Å². The molecule has 0 amide bonds. The first-order valence-corrected chi connectivity index (χ1v) is 6.00. The van der Waals surface area contributed by atoms with Crippen LogP contribution in [0.1, 0.15) is 11.1 Å². The molecule has 0 aliphatic heterocycles. The first-order valence-electron chi connectivity index (χ1n) is 5.12. The van der Waals surface area contributed by atoms with Crippen LogP contribution in [0.2, 0.25) is 0 Å². The van der Waals surface area contributed by atoms with Crippen molar-refractivity contribution < 1.29 is 0 Å². The Morgan fingerprint density at radius 1 is 0.800 bits per heavy atom. The zero-order valence-corrected chi connectivity index (χ0v) is 9.69. The van der Waals surface area contributed by atoms with Gasteiger partial charge in [-0.25, -0.2) is 0 Å². The lowest BCUT2D eigenvalue weighted by atomic mass is 10.0. The molecule has 3 rings (SSSR count). The molecule has 0 spiro atoms. The van der Waals surface area contributed by atoms with Crippen molar-refractivity contribution in [3.05, 3.63) is 46.8 Å². The molecule has 1 heteroatoms. The Bertz CT molecular complexity index is 591. The van der Waals surface area contributed by atoms with Gasteiger partial charge in [0.2, 0.25) is 0 Å². The van der Waals surface area contributed by atoms with Gasteiger partial charge in [-0.3, -0.25) is 0 Å². The molecular formula is C14H12S. The summed E-state index contributed by atoms with van der Waals surface area (Å²) in [6.45, 7) is 4.35. The molecule has 0 aliphatic carbocycles. The first kappa shape index (κ1) is 8.93. The van der Waals surface area contributed by atoms with Crippen LogP contribution in [-0.4, -0.2) is 0 Å². The normalized spacial score (nSPS) is 11.3.